The van der Waals surface area contributed by atoms with Gasteiger partial charge >= 0.3 is 5.97 Å². The van der Waals surface area contributed by atoms with Crippen LogP contribution in [0.1, 0.15) is 51.5 Å². The molecule has 166 valence electrons. The summed E-state index contributed by atoms with van der Waals surface area (Å²) in [5.74, 6) is -0.439. The van der Waals surface area contributed by atoms with Crippen molar-refractivity contribution >= 4 is 5.97 Å². The third-order valence-electron chi connectivity index (χ3n) is 5.45. The molecule has 2 rings (SSSR count). The fraction of sp³-hybridized carbons (Fsp3) is 0.560. The van der Waals surface area contributed by atoms with Gasteiger partial charge in [0.1, 0.15) is 0 Å². The van der Waals surface area contributed by atoms with Crippen molar-refractivity contribution in [2.45, 2.75) is 76.8 Å². The van der Waals surface area contributed by atoms with Gasteiger partial charge in [0, 0.05) is 25.2 Å². The first-order valence-corrected chi connectivity index (χ1v) is 11.0. The van der Waals surface area contributed by atoms with Crippen molar-refractivity contribution in [3.8, 4) is 0 Å². The summed E-state index contributed by atoms with van der Waals surface area (Å²) in [5, 5.41) is 31.0. The number of hydrogen-bond acceptors (Lipinski definition) is 5. The van der Waals surface area contributed by atoms with Crippen LogP contribution in [0.5, 0.6) is 0 Å². The molecule has 1 fully saturated rings. The highest BCUT2D eigenvalue weighted by molar-refractivity contribution is 5.69. The maximum Gasteiger partial charge on any atom is 0.306 e. The van der Waals surface area contributed by atoms with Crippen molar-refractivity contribution in [2.24, 2.45) is 11.8 Å². The van der Waals surface area contributed by atoms with Crippen LogP contribution in [-0.4, -0.2) is 45.7 Å². The molecule has 5 nitrogen and oxygen atoms in total. The van der Waals surface area contributed by atoms with Gasteiger partial charge in [-0.15, -0.1) is 0 Å². The van der Waals surface area contributed by atoms with Crippen LogP contribution in [0.15, 0.2) is 54.6 Å². The van der Waals surface area contributed by atoms with Crippen molar-refractivity contribution in [1.82, 2.24) is 0 Å². The second-order valence-corrected chi connectivity index (χ2v) is 8.39. The summed E-state index contributed by atoms with van der Waals surface area (Å²) in [6.45, 7) is 3.68. The number of carbonyl (C=O) groups is 1. The topological polar surface area (TPSA) is 87.0 Å². The number of unbranched alkanes of at least 4 members (excludes halogenated alkanes) is 1. The summed E-state index contributed by atoms with van der Waals surface area (Å²) in [4.78, 5) is 11.5. The molecular formula is C25H36O5. The van der Waals surface area contributed by atoms with E-state index in [4.69, 9.17) is 4.74 Å². The van der Waals surface area contributed by atoms with Crippen LogP contribution < -0.4 is 0 Å². The average molecular weight is 417 g/mol. The number of allylic oxidation sites excluding steroid dienone is 2. The van der Waals surface area contributed by atoms with Crippen molar-refractivity contribution in [3.63, 3.8) is 0 Å². The van der Waals surface area contributed by atoms with Gasteiger partial charge in [-0.3, -0.25) is 4.79 Å². The van der Waals surface area contributed by atoms with E-state index < -0.39 is 18.3 Å². The highest BCUT2D eigenvalue weighted by Gasteiger charge is 2.39. The fourth-order valence-corrected chi connectivity index (χ4v) is 3.94. The van der Waals surface area contributed by atoms with Gasteiger partial charge in [-0.25, -0.2) is 0 Å². The predicted molar refractivity (Wildman–Crippen MR) is 118 cm³/mol. The Hall–Kier alpha value is -1.95. The van der Waals surface area contributed by atoms with Crippen molar-refractivity contribution in [3.05, 3.63) is 60.2 Å². The van der Waals surface area contributed by atoms with Gasteiger partial charge in [-0.2, -0.15) is 0 Å². The lowest BCUT2D eigenvalue weighted by molar-refractivity contribution is -0.147. The summed E-state index contributed by atoms with van der Waals surface area (Å²) in [7, 11) is 0. The Bertz CT molecular complexity index is 682. The van der Waals surface area contributed by atoms with Gasteiger partial charge in [-0.05, 0) is 44.6 Å². The van der Waals surface area contributed by atoms with Crippen molar-refractivity contribution in [1.29, 1.82) is 0 Å². The SMILES string of the molecule is CC(C)OC(=O)CCC/C=C\CC1C(O)CC(O)C1/C=C/C(O)Cc1ccccc1. The summed E-state index contributed by atoms with van der Waals surface area (Å²) in [5.41, 5.74) is 1.05. The van der Waals surface area contributed by atoms with Gasteiger partial charge in [0.05, 0.1) is 24.4 Å². The Morgan fingerprint density at radius 3 is 2.60 bits per heavy atom. The Balaban J connectivity index is 1.80. The lowest BCUT2D eigenvalue weighted by Crippen LogP contribution is -2.20. The molecule has 0 saturated heterocycles. The molecule has 1 saturated carbocycles. The predicted octanol–water partition coefficient (Wildman–Crippen LogP) is 3.57. The highest BCUT2D eigenvalue weighted by atomic mass is 16.5. The van der Waals surface area contributed by atoms with Crippen LogP contribution >= 0.6 is 0 Å². The van der Waals surface area contributed by atoms with E-state index >= 15 is 0 Å². The van der Waals surface area contributed by atoms with Gasteiger partial charge in [-0.1, -0.05) is 54.6 Å². The minimum absolute atomic E-state index is 0.0812. The molecule has 0 bridgehead atoms. The van der Waals surface area contributed by atoms with E-state index in [1.165, 1.54) is 0 Å². The molecule has 0 aromatic heterocycles. The zero-order chi connectivity index (χ0) is 21.9. The van der Waals surface area contributed by atoms with E-state index in [-0.39, 0.29) is 23.9 Å². The molecule has 0 aliphatic heterocycles. The summed E-state index contributed by atoms with van der Waals surface area (Å²) in [6.07, 6.45) is 9.17. The monoisotopic (exact) mass is 416 g/mol. The molecule has 0 spiro atoms. The van der Waals surface area contributed by atoms with Crippen LogP contribution in [-0.2, 0) is 16.0 Å². The maximum absolute atomic E-state index is 11.5. The number of aliphatic hydroxyl groups is 3. The second-order valence-electron chi connectivity index (χ2n) is 8.39. The molecule has 5 unspecified atom stereocenters. The number of benzene rings is 1. The molecule has 5 heteroatoms. The number of rotatable bonds is 11. The lowest BCUT2D eigenvalue weighted by Gasteiger charge is -2.19. The van der Waals surface area contributed by atoms with E-state index in [2.05, 4.69) is 0 Å². The number of aliphatic hydroxyl groups excluding tert-OH is 3. The van der Waals surface area contributed by atoms with Crippen LogP contribution in [0.25, 0.3) is 0 Å². The Morgan fingerprint density at radius 1 is 1.17 bits per heavy atom. The van der Waals surface area contributed by atoms with Gasteiger partial charge in [0.25, 0.3) is 0 Å². The molecule has 1 aromatic carbocycles. The van der Waals surface area contributed by atoms with E-state index in [0.717, 1.165) is 18.4 Å². The third-order valence-corrected chi connectivity index (χ3v) is 5.45. The zero-order valence-electron chi connectivity index (χ0n) is 18.1. The smallest absolute Gasteiger partial charge is 0.306 e. The third kappa shape index (κ3) is 8.42. The molecule has 0 heterocycles. The second kappa shape index (κ2) is 12.7. The summed E-state index contributed by atoms with van der Waals surface area (Å²) < 4.78 is 5.11. The molecule has 1 aliphatic carbocycles. The Kier molecular flexibility index (Phi) is 10.3. The van der Waals surface area contributed by atoms with E-state index in [1.54, 1.807) is 6.08 Å². The zero-order valence-corrected chi connectivity index (χ0v) is 18.1. The van der Waals surface area contributed by atoms with Crippen LogP contribution in [0, 0.1) is 11.8 Å². The number of ether oxygens (including phenoxy) is 1. The van der Waals surface area contributed by atoms with Gasteiger partial charge in [0.15, 0.2) is 0 Å². The molecule has 1 aromatic rings. The molecule has 0 amide bonds. The summed E-state index contributed by atoms with van der Waals surface area (Å²) in [6, 6.07) is 9.77. The highest BCUT2D eigenvalue weighted by Crippen LogP contribution is 2.36. The van der Waals surface area contributed by atoms with Crippen molar-refractivity contribution < 1.29 is 24.9 Å². The lowest BCUT2D eigenvalue weighted by atomic mass is 9.89. The molecule has 3 N–H and O–H groups in total. The first-order chi connectivity index (χ1) is 14.4. The standard InChI is InChI=1S/C25H36O5/c1-18(2)30-25(29)13-9-4-3-8-12-21-22(24(28)17-23(21)27)15-14-20(26)16-19-10-6-5-7-11-19/h3,5-8,10-11,14-15,18,20-24,26-28H,4,9,12-13,16-17H2,1-2H3/b8-3-,15-14+. The van der Waals surface area contributed by atoms with E-state index in [0.29, 0.717) is 25.7 Å². The molecule has 5 atom stereocenters. The maximum atomic E-state index is 11.5. The van der Waals surface area contributed by atoms with Gasteiger partial charge in [0.2, 0.25) is 0 Å². The van der Waals surface area contributed by atoms with Gasteiger partial charge < -0.3 is 20.1 Å². The summed E-state index contributed by atoms with van der Waals surface area (Å²) >= 11 is 0. The minimum Gasteiger partial charge on any atom is -0.463 e. The van der Waals surface area contributed by atoms with E-state index in [9.17, 15) is 20.1 Å². The van der Waals surface area contributed by atoms with Crippen LogP contribution in [0.2, 0.25) is 0 Å². The molecule has 0 radical (unpaired) electrons. The normalized spacial score (nSPS) is 25.4. The Morgan fingerprint density at radius 2 is 1.90 bits per heavy atom. The quantitative estimate of drug-likeness (QED) is 0.292. The first-order valence-electron chi connectivity index (χ1n) is 11.0. The number of carbonyl (C=O) groups excluding carboxylic acids is 1. The van der Waals surface area contributed by atoms with E-state index in [1.807, 2.05) is 62.4 Å². The fourth-order valence-electron chi connectivity index (χ4n) is 3.94. The molecule has 1 aliphatic rings. The average Bonchev–Trinajstić information content (AvgIpc) is 2.95. The van der Waals surface area contributed by atoms with Crippen molar-refractivity contribution in [2.75, 3.05) is 0 Å². The molecular weight excluding hydrogens is 380 g/mol. The van der Waals surface area contributed by atoms with Crippen LogP contribution in [0.3, 0.4) is 0 Å². The number of hydrogen-bond donors (Lipinski definition) is 3. The number of esters is 1. The first kappa shape index (κ1) is 24.3. The van der Waals surface area contributed by atoms with Crippen LogP contribution in [0.4, 0.5) is 0 Å². The largest absolute Gasteiger partial charge is 0.463 e. The minimum atomic E-state index is -0.626. The molecule has 30 heavy (non-hydrogen) atoms. The Labute approximate surface area is 180 Å².